The van der Waals surface area contributed by atoms with E-state index < -0.39 is 11.1 Å². The van der Waals surface area contributed by atoms with Crippen molar-refractivity contribution in [3.63, 3.8) is 0 Å². The molecule has 0 bridgehead atoms. The van der Waals surface area contributed by atoms with Crippen LogP contribution in [0.15, 0.2) is 12.1 Å². The molecule has 30 heavy (non-hydrogen) atoms. The van der Waals surface area contributed by atoms with E-state index in [0.717, 1.165) is 50.8 Å². The summed E-state index contributed by atoms with van der Waals surface area (Å²) in [5, 5.41) is 11.1. The van der Waals surface area contributed by atoms with Gasteiger partial charge in [0.1, 0.15) is 0 Å². The summed E-state index contributed by atoms with van der Waals surface area (Å²) in [4.78, 5) is 30.2. The lowest BCUT2D eigenvalue weighted by molar-refractivity contribution is -0.230. The first-order valence-electron chi connectivity index (χ1n) is 11.1. The fraction of sp³-hybridized carbons (Fsp3) is 0.652. The van der Waals surface area contributed by atoms with Gasteiger partial charge in [-0.1, -0.05) is 13.0 Å². The average Bonchev–Trinajstić information content (AvgIpc) is 3.34. The van der Waals surface area contributed by atoms with Crippen LogP contribution in [0.5, 0.6) is 11.5 Å². The van der Waals surface area contributed by atoms with Crippen LogP contribution in [0.2, 0.25) is 0 Å². The van der Waals surface area contributed by atoms with E-state index in [1.54, 1.807) is 6.07 Å². The van der Waals surface area contributed by atoms with Crippen LogP contribution in [-0.2, 0) is 19.7 Å². The van der Waals surface area contributed by atoms with Gasteiger partial charge in [0.05, 0.1) is 30.7 Å². The number of esters is 1. The number of phenolic OH excluding ortho intramolecular Hbond substituents is 1. The molecule has 0 unspecified atom stereocenters. The molecule has 1 amide bonds. The van der Waals surface area contributed by atoms with Gasteiger partial charge in [-0.2, -0.15) is 0 Å². The third kappa shape index (κ3) is 1.72. The van der Waals surface area contributed by atoms with Crippen LogP contribution in [0.4, 0.5) is 5.69 Å². The number of benzene rings is 1. The van der Waals surface area contributed by atoms with Crippen LogP contribution in [0, 0.1) is 5.41 Å². The minimum atomic E-state index is -0.725. The number of carbonyl (C=O) groups is 2. The summed E-state index contributed by atoms with van der Waals surface area (Å²) in [5.41, 5.74) is 0.0499. The molecule has 1 aliphatic carbocycles. The van der Waals surface area contributed by atoms with Gasteiger partial charge in [0.15, 0.2) is 17.2 Å². The summed E-state index contributed by atoms with van der Waals surface area (Å²) in [5.74, 6) is 0.247. The number of anilines is 1. The molecule has 0 aromatic heterocycles. The normalized spacial score (nSPS) is 38.5. The number of nitrogens with zero attached hydrogens (tertiary/aromatic N) is 2. The standard InChI is InChI=1S/C23H28N2O5/c1-3-17(26)25-16-7-9-21-8-4-11-24-12-10-22(16,23(21,24)30-18(27)13-21)14-5-6-15(29-2)20(28)19(14)25/h5-6,16,28H,3-4,7-13H2,1-2H3/t16-,21+,22-,23-/m1/s1. The Morgan fingerprint density at radius 2 is 2.13 bits per heavy atom. The van der Waals surface area contributed by atoms with E-state index in [0.29, 0.717) is 24.3 Å². The van der Waals surface area contributed by atoms with Crippen LogP contribution in [0.25, 0.3) is 0 Å². The number of ether oxygens (including phenoxy) is 2. The third-order valence-corrected chi connectivity index (χ3v) is 8.78. The van der Waals surface area contributed by atoms with E-state index in [-0.39, 0.29) is 29.1 Å². The zero-order valence-electron chi connectivity index (χ0n) is 17.6. The van der Waals surface area contributed by atoms with Gasteiger partial charge in [-0.3, -0.25) is 14.5 Å². The molecule has 7 heteroatoms. The maximum atomic E-state index is 13.2. The number of hydrogen-bond donors (Lipinski definition) is 1. The molecule has 7 nitrogen and oxygen atoms in total. The molecule has 5 aliphatic rings. The van der Waals surface area contributed by atoms with Crippen LogP contribution in [-0.4, -0.2) is 53.8 Å². The molecule has 4 heterocycles. The van der Waals surface area contributed by atoms with E-state index in [1.165, 1.54) is 7.11 Å². The van der Waals surface area contributed by atoms with Crippen LogP contribution in [0.1, 0.15) is 57.4 Å². The summed E-state index contributed by atoms with van der Waals surface area (Å²) in [6.07, 6.45) is 5.34. The molecule has 4 aliphatic heterocycles. The minimum Gasteiger partial charge on any atom is -0.503 e. The maximum absolute atomic E-state index is 13.2. The highest BCUT2D eigenvalue weighted by molar-refractivity contribution is 6.00. The SMILES string of the molecule is CCC(=O)N1c2c(ccc(OC)c2O)[C@]23CCN4CCC[C@]5(CC[C@@H]12)CC(=O)O[C@]453. The Labute approximate surface area is 175 Å². The fourth-order valence-electron chi connectivity index (χ4n) is 7.96. The first kappa shape index (κ1) is 18.5. The highest BCUT2D eigenvalue weighted by atomic mass is 16.6. The molecule has 160 valence electrons. The summed E-state index contributed by atoms with van der Waals surface area (Å²) in [6.45, 7) is 3.60. The first-order chi connectivity index (χ1) is 14.5. The number of aromatic hydroxyl groups is 1. The van der Waals surface area contributed by atoms with Gasteiger partial charge in [-0.05, 0) is 43.7 Å². The molecular formula is C23H28N2O5. The molecule has 3 saturated heterocycles. The van der Waals surface area contributed by atoms with E-state index in [4.69, 9.17) is 9.47 Å². The largest absolute Gasteiger partial charge is 0.503 e. The van der Waals surface area contributed by atoms with Crippen molar-refractivity contribution in [3.8, 4) is 11.5 Å². The Kier molecular flexibility index (Phi) is 3.51. The number of amides is 1. The van der Waals surface area contributed by atoms with Gasteiger partial charge < -0.3 is 19.5 Å². The quantitative estimate of drug-likeness (QED) is 0.753. The van der Waals surface area contributed by atoms with Gasteiger partial charge >= 0.3 is 5.97 Å². The van der Waals surface area contributed by atoms with Gasteiger partial charge in [0.25, 0.3) is 0 Å². The van der Waals surface area contributed by atoms with E-state index >= 15 is 0 Å². The van der Waals surface area contributed by atoms with Crippen LogP contribution >= 0.6 is 0 Å². The Hall–Kier alpha value is -2.28. The monoisotopic (exact) mass is 412 g/mol. The van der Waals surface area contributed by atoms with Crippen LogP contribution in [0.3, 0.4) is 0 Å². The zero-order chi connectivity index (χ0) is 20.9. The number of methoxy groups -OCH3 is 1. The van der Waals surface area contributed by atoms with Crippen LogP contribution < -0.4 is 9.64 Å². The summed E-state index contributed by atoms with van der Waals surface area (Å²) >= 11 is 0. The lowest BCUT2D eigenvalue weighted by Crippen LogP contribution is -2.73. The zero-order valence-corrected chi connectivity index (χ0v) is 17.6. The van der Waals surface area contributed by atoms with Crippen molar-refractivity contribution in [3.05, 3.63) is 17.7 Å². The van der Waals surface area contributed by atoms with Gasteiger partial charge in [0, 0.05) is 24.9 Å². The minimum absolute atomic E-state index is 0.0100. The van der Waals surface area contributed by atoms with E-state index in [9.17, 15) is 14.7 Å². The number of fused-ring (bicyclic) bond motifs is 1. The first-order valence-corrected chi connectivity index (χ1v) is 11.1. The van der Waals surface area contributed by atoms with Crippen molar-refractivity contribution in [2.45, 2.75) is 69.1 Å². The molecule has 6 rings (SSSR count). The third-order valence-electron chi connectivity index (χ3n) is 8.78. The average molecular weight is 412 g/mol. The highest BCUT2D eigenvalue weighted by Crippen LogP contribution is 2.74. The molecule has 4 fully saturated rings. The second kappa shape index (κ2) is 5.69. The van der Waals surface area contributed by atoms with Crippen molar-refractivity contribution >= 4 is 17.6 Å². The molecule has 0 radical (unpaired) electrons. The predicted molar refractivity (Wildman–Crippen MR) is 108 cm³/mol. The van der Waals surface area contributed by atoms with Crippen molar-refractivity contribution in [2.75, 3.05) is 25.1 Å². The van der Waals surface area contributed by atoms with Crippen molar-refractivity contribution in [1.82, 2.24) is 4.90 Å². The summed E-state index contributed by atoms with van der Waals surface area (Å²) in [7, 11) is 1.52. The van der Waals surface area contributed by atoms with E-state index in [2.05, 4.69) is 4.90 Å². The number of rotatable bonds is 2. The van der Waals surface area contributed by atoms with Crippen molar-refractivity contribution < 1.29 is 24.2 Å². The number of hydrogen-bond acceptors (Lipinski definition) is 6. The molecule has 1 saturated carbocycles. The number of carbonyl (C=O) groups excluding carboxylic acids is 2. The molecule has 1 aromatic rings. The summed E-state index contributed by atoms with van der Waals surface area (Å²) in [6, 6.07) is 3.66. The van der Waals surface area contributed by atoms with Crippen molar-refractivity contribution in [2.24, 2.45) is 5.41 Å². The maximum Gasteiger partial charge on any atom is 0.308 e. The molecule has 2 spiro atoms. The molecule has 1 N–H and O–H groups in total. The van der Waals surface area contributed by atoms with Gasteiger partial charge in [-0.15, -0.1) is 0 Å². The van der Waals surface area contributed by atoms with Gasteiger partial charge in [0.2, 0.25) is 5.91 Å². The second-order valence-corrected chi connectivity index (χ2v) is 9.57. The number of phenols is 1. The lowest BCUT2D eigenvalue weighted by Gasteiger charge is -2.61. The molecule has 1 aromatic carbocycles. The van der Waals surface area contributed by atoms with Gasteiger partial charge in [-0.25, -0.2) is 0 Å². The summed E-state index contributed by atoms with van der Waals surface area (Å²) < 4.78 is 11.8. The predicted octanol–water partition coefficient (Wildman–Crippen LogP) is 2.69. The Morgan fingerprint density at radius 1 is 1.30 bits per heavy atom. The lowest BCUT2D eigenvalue weighted by atomic mass is 9.50. The Bertz CT molecular complexity index is 979. The van der Waals surface area contributed by atoms with Crippen molar-refractivity contribution in [1.29, 1.82) is 0 Å². The number of piperidine rings is 1. The molecule has 4 atom stereocenters. The topological polar surface area (TPSA) is 79.3 Å². The highest BCUT2D eigenvalue weighted by Gasteiger charge is 2.82. The van der Waals surface area contributed by atoms with E-state index in [1.807, 2.05) is 17.9 Å². The molecular weight excluding hydrogens is 384 g/mol. The second-order valence-electron chi connectivity index (χ2n) is 9.57. The Morgan fingerprint density at radius 3 is 2.90 bits per heavy atom. The smallest absolute Gasteiger partial charge is 0.308 e. The Balaban J connectivity index is 1.67. The fourth-order valence-corrected chi connectivity index (χ4v) is 7.96.